The molecule has 0 bridgehead atoms. The van der Waals surface area contributed by atoms with Gasteiger partial charge in [-0.05, 0) is 6.42 Å². The van der Waals surface area contributed by atoms with E-state index in [1.165, 1.54) is 0 Å². The van der Waals surface area contributed by atoms with Crippen molar-refractivity contribution < 1.29 is 19.7 Å². The van der Waals surface area contributed by atoms with E-state index in [0.29, 0.717) is 6.42 Å². The smallest absolute Gasteiger partial charge is 0.183 e. The molecule has 0 amide bonds. The monoisotopic (exact) mass is 161 g/mol. The Kier molecular flexibility index (Phi) is 1.62. The quantitative estimate of drug-likeness (QED) is 0.422. The van der Waals surface area contributed by atoms with E-state index in [1.807, 2.05) is 0 Å². The number of nitrogens with two attached hydrogens (primary N) is 1. The molecular formula is C6H11NO4. The largest absolute Gasteiger partial charge is 0.366 e. The lowest BCUT2D eigenvalue weighted by Gasteiger charge is -2.03. The summed E-state index contributed by atoms with van der Waals surface area (Å²) in [5, 5.41) is 17.6. The number of aliphatic hydroxyl groups is 2. The summed E-state index contributed by atoms with van der Waals surface area (Å²) in [6.45, 7) is 0. The van der Waals surface area contributed by atoms with E-state index in [4.69, 9.17) is 25.4 Å². The molecule has 5 atom stereocenters. The minimum atomic E-state index is -0.708. The number of ether oxygens (including phenoxy) is 2. The van der Waals surface area contributed by atoms with Gasteiger partial charge in [0.25, 0.3) is 0 Å². The van der Waals surface area contributed by atoms with E-state index in [-0.39, 0.29) is 18.2 Å². The average molecular weight is 161 g/mol. The van der Waals surface area contributed by atoms with Crippen molar-refractivity contribution in [2.45, 2.75) is 37.3 Å². The highest BCUT2D eigenvalue weighted by Crippen LogP contribution is 2.29. The molecular weight excluding hydrogens is 150 g/mol. The molecule has 0 radical (unpaired) electrons. The summed E-state index contributed by atoms with van der Waals surface area (Å²) >= 11 is 0. The van der Waals surface area contributed by atoms with Crippen molar-refractivity contribution >= 4 is 0 Å². The Morgan fingerprint density at radius 1 is 1.27 bits per heavy atom. The lowest BCUT2D eigenvalue weighted by Crippen LogP contribution is -2.30. The lowest BCUT2D eigenvalue weighted by molar-refractivity contribution is 0.155. The van der Waals surface area contributed by atoms with Crippen LogP contribution in [0.25, 0.3) is 0 Å². The molecule has 4 N–H and O–H groups in total. The highest BCUT2D eigenvalue weighted by molar-refractivity contribution is 4.91. The van der Waals surface area contributed by atoms with Crippen molar-refractivity contribution in [3.8, 4) is 0 Å². The number of aliphatic hydroxyl groups excluding tert-OH is 2. The van der Waals surface area contributed by atoms with E-state index >= 15 is 0 Å². The zero-order chi connectivity index (χ0) is 8.01. The topological polar surface area (TPSA) is 91.5 Å². The molecule has 0 spiro atoms. The Morgan fingerprint density at radius 3 is 2.18 bits per heavy atom. The first-order chi connectivity index (χ1) is 5.18. The Morgan fingerprint density at radius 2 is 1.82 bits per heavy atom. The second-order valence-electron chi connectivity index (χ2n) is 2.96. The third-order valence-electron chi connectivity index (χ3n) is 1.98. The van der Waals surface area contributed by atoms with Crippen molar-refractivity contribution in [3.05, 3.63) is 0 Å². The fourth-order valence-electron chi connectivity index (χ4n) is 1.14. The van der Waals surface area contributed by atoms with Crippen LogP contribution in [-0.2, 0) is 9.47 Å². The summed E-state index contributed by atoms with van der Waals surface area (Å²) in [6, 6.07) is -0.229. The highest BCUT2D eigenvalue weighted by atomic mass is 16.7. The van der Waals surface area contributed by atoms with Crippen LogP contribution in [0.15, 0.2) is 0 Å². The number of hydrogen-bond acceptors (Lipinski definition) is 5. The minimum absolute atomic E-state index is 0.151. The van der Waals surface area contributed by atoms with Crippen LogP contribution < -0.4 is 5.73 Å². The highest BCUT2D eigenvalue weighted by Gasteiger charge is 2.47. The van der Waals surface area contributed by atoms with Crippen LogP contribution in [0, 0.1) is 0 Å². The third-order valence-corrected chi connectivity index (χ3v) is 1.98. The summed E-state index contributed by atoms with van der Waals surface area (Å²) in [7, 11) is 0. The SMILES string of the molecule is NC(CC1OC1O)C1OC1O. The molecule has 11 heavy (non-hydrogen) atoms. The van der Waals surface area contributed by atoms with Crippen LogP contribution in [0.1, 0.15) is 6.42 Å². The molecule has 0 aromatic rings. The molecule has 2 rings (SSSR count). The van der Waals surface area contributed by atoms with Gasteiger partial charge in [-0.15, -0.1) is 0 Å². The Hall–Kier alpha value is -0.200. The fourth-order valence-corrected chi connectivity index (χ4v) is 1.14. The fraction of sp³-hybridized carbons (Fsp3) is 1.00. The van der Waals surface area contributed by atoms with Crippen LogP contribution in [-0.4, -0.2) is 41.0 Å². The first-order valence-electron chi connectivity index (χ1n) is 3.61. The standard InChI is InChI=1S/C6H11NO4/c7-2(4-6(9)11-4)1-3-5(8)10-3/h2-6,8-9H,1,7H2. The Balaban J connectivity index is 1.70. The van der Waals surface area contributed by atoms with Crippen molar-refractivity contribution in [2.75, 3.05) is 0 Å². The Bertz CT molecular complexity index is 165. The number of epoxide rings is 2. The van der Waals surface area contributed by atoms with Gasteiger partial charge < -0.3 is 25.4 Å². The van der Waals surface area contributed by atoms with E-state index in [1.54, 1.807) is 0 Å². The molecule has 0 aliphatic carbocycles. The van der Waals surface area contributed by atoms with Gasteiger partial charge in [-0.3, -0.25) is 0 Å². The van der Waals surface area contributed by atoms with Crippen molar-refractivity contribution in [1.29, 1.82) is 0 Å². The predicted molar refractivity (Wildman–Crippen MR) is 34.4 cm³/mol. The van der Waals surface area contributed by atoms with Crippen LogP contribution in [0.4, 0.5) is 0 Å². The second kappa shape index (κ2) is 2.40. The van der Waals surface area contributed by atoms with Gasteiger partial charge in [-0.25, -0.2) is 0 Å². The first kappa shape index (κ1) is 7.45. The summed E-state index contributed by atoms with van der Waals surface area (Å²) in [4.78, 5) is 0. The maximum absolute atomic E-state index is 8.79. The van der Waals surface area contributed by atoms with Crippen LogP contribution >= 0.6 is 0 Å². The maximum Gasteiger partial charge on any atom is 0.183 e. The molecule has 64 valence electrons. The summed E-state index contributed by atoms with van der Waals surface area (Å²) in [5.74, 6) is 0. The molecule has 2 saturated heterocycles. The van der Waals surface area contributed by atoms with E-state index < -0.39 is 12.6 Å². The molecule has 0 aromatic heterocycles. The second-order valence-corrected chi connectivity index (χ2v) is 2.96. The van der Waals surface area contributed by atoms with Gasteiger partial charge in [-0.1, -0.05) is 0 Å². The molecule has 5 heteroatoms. The van der Waals surface area contributed by atoms with Gasteiger partial charge in [0.15, 0.2) is 12.6 Å². The van der Waals surface area contributed by atoms with Gasteiger partial charge in [0.2, 0.25) is 0 Å². The van der Waals surface area contributed by atoms with E-state index in [2.05, 4.69) is 0 Å². The lowest BCUT2D eigenvalue weighted by atomic mass is 10.1. The first-order valence-corrected chi connectivity index (χ1v) is 3.61. The molecule has 0 aromatic carbocycles. The average Bonchev–Trinajstić information content (AvgIpc) is 2.76. The van der Waals surface area contributed by atoms with Crippen LogP contribution in [0.2, 0.25) is 0 Å². The van der Waals surface area contributed by atoms with Gasteiger partial charge in [0, 0.05) is 6.04 Å². The Labute approximate surface area is 63.7 Å². The van der Waals surface area contributed by atoms with Crippen molar-refractivity contribution in [2.24, 2.45) is 5.73 Å². The molecule has 2 aliphatic rings. The minimum Gasteiger partial charge on any atom is -0.366 e. The van der Waals surface area contributed by atoms with Gasteiger partial charge >= 0.3 is 0 Å². The molecule has 2 fully saturated rings. The number of rotatable bonds is 3. The summed E-state index contributed by atoms with van der Waals surface area (Å²) in [5.41, 5.74) is 5.60. The van der Waals surface area contributed by atoms with E-state index in [0.717, 1.165) is 0 Å². The maximum atomic E-state index is 8.79. The zero-order valence-electron chi connectivity index (χ0n) is 5.88. The van der Waals surface area contributed by atoms with Crippen molar-refractivity contribution in [1.82, 2.24) is 0 Å². The van der Waals surface area contributed by atoms with Crippen molar-refractivity contribution in [3.63, 3.8) is 0 Å². The molecule has 2 aliphatic heterocycles. The number of hydrogen-bond donors (Lipinski definition) is 3. The molecule has 5 unspecified atom stereocenters. The normalized spacial score (nSPS) is 50.5. The molecule has 2 heterocycles. The summed E-state index contributed by atoms with van der Waals surface area (Å²) in [6.07, 6.45) is -1.23. The van der Waals surface area contributed by atoms with Gasteiger partial charge in [0.1, 0.15) is 12.2 Å². The molecule has 5 nitrogen and oxygen atoms in total. The predicted octanol–water partition coefficient (Wildman–Crippen LogP) is -1.86. The van der Waals surface area contributed by atoms with E-state index in [9.17, 15) is 0 Å². The third kappa shape index (κ3) is 1.52. The van der Waals surface area contributed by atoms with Crippen LogP contribution in [0.5, 0.6) is 0 Å². The van der Waals surface area contributed by atoms with Gasteiger partial charge in [0.05, 0.1) is 0 Å². The summed E-state index contributed by atoms with van der Waals surface area (Å²) < 4.78 is 9.47. The van der Waals surface area contributed by atoms with Gasteiger partial charge in [-0.2, -0.15) is 0 Å². The van der Waals surface area contributed by atoms with Crippen LogP contribution in [0.3, 0.4) is 0 Å². The molecule has 0 saturated carbocycles. The zero-order valence-corrected chi connectivity index (χ0v) is 5.88.